The van der Waals surface area contributed by atoms with Crippen molar-refractivity contribution in [3.05, 3.63) is 34.6 Å². The van der Waals surface area contributed by atoms with Crippen LogP contribution in [0.5, 0.6) is 0 Å². The number of nitrogens with two attached hydrogens (primary N) is 1. The molecule has 0 spiro atoms. The van der Waals surface area contributed by atoms with E-state index in [-0.39, 0.29) is 16.9 Å². The molecular weight excluding hydrogens is 283 g/mol. The van der Waals surface area contributed by atoms with Crippen molar-refractivity contribution in [1.82, 2.24) is 4.90 Å². The summed E-state index contributed by atoms with van der Waals surface area (Å²) < 4.78 is 13.2. The molecule has 0 fully saturated rings. The molecule has 0 amide bonds. The molecular formula is C14H22ClFN2S. The first-order valence-electron chi connectivity index (χ1n) is 6.37. The molecule has 0 aliphatic rings. The molecule has 19 heavy (non-hydrogen) atoms. The van der Waals surface area contributed by atoms with Crippen molar-refractivity contribution in [2.75, 3.05) is 25.6 Å². The van der Waals surface area contributed by atoms with Gasteiger partial charge in [-0.05, 0) is 50.1 Å². The molecule has 0 heterocycles. The smallest absolute Gasteiger partial charge is 0.141 e. The van der Waals surface area contributed by atoms with E-state index in [4.69, 9.17) is 17.3 Å². The SMILES string of the molecule is CSCCC(C)N(C)C(CN)c1ccc(F)c(Cl)c1. The molecule has 2 unspecified atom stereocenters. The van der Waals surface area contributed by atoms with Crippen LogP contribution < -0.4 is 5.73 Å². The summed E-state index contributed by atoms with van der Waals surface area (Å²) in [5.74, 6) is 0.728. The Morgan fingerprint density at radius 1 is 1.47 bits per heavy atom. The summed E-state index contributed by atoms with van der Waals surface area (Å²) >= 11 is 7.68. The van der Waals surface area contributed by atoms with E-state index in [0.29, 0.717) is 12.6 Å². The second-order valence-electron chi connectivity index (χ2n) is 4.72. The monoisotopic (exact) mass is 304 g/mol. The minimum absolute atomic E-state index is 0.0648. The fourth-order valence-corrected chi connectivity index (χ4v) is 2.82. The molecule has 1 aromatic carbocycles. The number of rotatable bonds is 7. The highest BCUT2D eigenvalue weighted by Crippen LogP contribution is 2.25. The van der Waals surface area contributed by atoms with Crippen LogP contribution in [-0.4, -0.2) is 36.5 Å². The summed E-state index contributed by atoms with van der Waals surface area (Å²) in [6, 6.07) is 5.32. The van der Waals surface area contributed by atoms with E-state index in [1.165, 1.54) is 6.07 Å². The second-order valence-corrected chi connectivity index (χ2v) is 6.11. The third kappa shape index (κ3) is 4.63. The van der Waals surface area contributed by atoms with Crippen LogP contribution in [0.15, 0.2) is 18.2 Å². The minimum atomic E-state index is -0.390. The van der Waals surface area contributed by atoms with E-state index in [0.717, 1.165) is 17.7 Å². The highest BCUT2D eigenvalue weighted by molar-refractivity contribution is 7.98. The normalized spacial score (nSPS) is 14.7. The van der Waals surface area contributed by atoms with Crippen molar-refractivity contribution in [2.24, 2.45) is 5.73 Å². The molecule has 2 nitrogen and oxygen atoms in total. The Morgan fingerprint density at radius 2 is 2.16 bits per heavy atom. The van der Waals surface area contributed by atoms with Crippen LogP contribution in [0.2, 0.25) is 5.02 Å². The third-order valence-electron chi connectivity index (χ3n) is 3.48. The Morgan fingerprint density at radius 3 is 2.68 bits per heavy atom. The lowest BCUT2D eigenvalue weighted by Crippen LogP contribution is -2.37. The first-order chi connectivity index (χ1) is 9.01. The highest BCUT2D eigenvalue weighted by Gasteiger charge is 2.20. The van der Waals surface area contributed by atoms with Crippen molar-refractivity contribution >= 4 is 23.4 Å². The van der Waals surface area contributed by atoms with Gasteiger partial charge in [-0.25, -0.2) is 4.39 Å². The molecule has 1 rings (SSSR count). The lowest BCUT2D eigenvalue weighted by Gasteiger charge is -2.33. The minimum Gasteiger partial charge on any atom is -0.329 e. The van der Waals surface area contributed by atoms with Crippen LogP contribution in [-0.2, 0) is 0 Å². The zero-order chi connectivity index (χ0) is 14.4. The van der Waals surface area contributed by atoms with Crippen LogP contribution in [0.4, 0.5) is 4.39 Å². The predicted octanol–water partition coefficient (Wildman–Crippen LogP) is 3.55. The number of likely N-dealkylation sites (N-methyl/N-ethyl adjacent to an activating group) is 1. The zero-order valence-corrected chi connectivity index (χ0v) is 13.3. The fraction of sp³-hybridized carbons (Fsp3) is 0.571. The summed E-state index contributed by atoms with van der Waals surface area (Å²) in [7, 11) is 2.06. The molecule has 108 valence electrons. The number of benzene rings is 1. The summed E-state index contributed by atoms with van der Waals surface area (Å²) in [6.07, 6.45) is 3.20. The molecule has 0 saturated carbocycles. The fourth-order valence-electron chi connectivity index (χ4n) is 2.06. The molecule has 1 aromatic rings. The Kier molecular flexibility index (Phi) is 7.15. The van der Waals surface area contributed by atoms with E-state index < -0.39 is 0 Å². The lowest BCUT2D eigenvalue weighted by atomic mass is 10.0. The number of nitrogens with zero attached hydrogens (tertiary/aromatic N) is 1. The average Bonchev–Trinajstić information content (AvgIpc) is 2.40. The molecule has 0 aliphatic carbocycles. The second kappa shape index (κ2) is 8.10. The van der Waals surface area contributed by atoms with Gasteiger partial charge in [0.15, 0.2) is 0 Å². The predicted molar refractivity (Wildman–Crippen MR) is 83.4 cm³/mol. The van der Waals surface area contributed by atoms with Crippen molar-refractivity contribution in [2.45, 2.75) is 25.4 Å². The molecule has 2 N–H and O–H groups in total. The largest absolute Gasteiger partial charge is 0.329 e. The van der Waals surface area contributed by atoms with Gasteiger partial charge < -0.3 is 5.73 Å². The first kappa shape index (κ1) is 16.8. The topological polar surface area (TPSA) is 29.3 Å². The van der Waals surface area contributed by atoms with Gasteiger partial charge in [0.2, 0.25) is 0 Å². The van der Waals surface area contributed by atoms with Gasteiger partial charge in [-0.3, -0.25) is 4.90 Å². The number of hydrogen-bond acceptors (Lipinski definition) is 3. The molecule has 0 aromatic heterocycles. The molecule has 0 bridgehead atoms. The molecule has 2 atom stereocenters. The quantitative estimate of drug-likeness (QED) is 0.835. The van der Waals surface area contributed by atoms with Gasteiger partial charge in [-0.1, -0.05) is 17.7 Å². The maximum Gasteiger partial charge on any atom is 0.141 e. The summed E-state index contributed by atoms with van der Waals surface area (Å²) in [5.41, 5.74) is 6.84. The van der Waals surface area contributed by atoms with Crippen LogP contribution in [0.25, 0.3) is 0 Å². The zero-order valence-electron chi connectivity index (χ0n) is 11.7. The van der Waals surface area contributed by atoms with Crippen LogP contribution in [0.1, 0.15) is 24.9 Å². The Hall–Kier alpha value is -0.290. The standard InChI is InChI=1S/C14H22ClFN2S/c1-10(6-7-19-3)18(2)14(9-17)11-4-5-13(16)12(15)8-11/h4-5,8,10,14H,6-7,9,17H2,1-3H3. The number of halogens is 2. The van der Waals surface area contributed by atoms with E-state index in [2.05, 4.69) is 25.1 Å². The molecule has 0 radical (unpaired) electrons. The van der Waals surface area contributed by atoms with Crippen molar-refractivity contribution < 1.29 is 4.39 Å². The van der Waals surface area contributed by atoms with E-state index >= 15 is 0 Å². The highest BCUT2D eigenvalue weighted by atomic mass is 35.5. The van der Waals surface area contributed by atoms with Crippen LogP contribution in [0.3, 0.4) is 0 Å². The summed E-state index contributed by atoms with van der Waals surface area (Å²) in [5, 5.41) is 0.154. The van der Waals surface area contributed by atoms with Crippen LogP contribution in [0, 0.1) is 5.82 Å². The van der Waals surface area contributed by atoms with Gasteiger partial charge in [0.1, 0.15) is 5.82 Å². The first-order valence-corrected chi connectivity index (χ1v) is 8.14. The number of hydrogen-bond donors (Lipinski definition) is 1. The van der Waals surface area contributed by atoms with Gasteiger partial charge in [0, 0.05) is 18.6 Å². The third-order valence-corrected chi connectivity index (χ3v) is 4.41. The van der Waals surface area contributed by atoms with Crippen molar-refractivity contribution in [1.29, 1.82) is 0 Å². The van der Waals surface area contributed by atoms with E-state index in [9.17, 15) is 4.39 Å². The molecule has 0 aliphatic heterocycles. The van der Waals surface area contributed by atoms with Gasteiger partial charge in [0.05, 0.1) is 5.02 Å². The number of thioether (sulfide) groups is 1. The molecule has 0 saturated heterocycles. The van der Waals surface area contributed by atoms with Gasteiger partial charge in [-0.15, -0.1) is 0 Å². The maximum absolute atomic E-state index is 13.2. The van der Waals surface area contributed by atoms with Gasteiger partial charge in [0.25, 0.3) is 0 Å². The van der Waals surface area contributed by atoms with E-state index in [1.807, 2.05) is 11.8 Å². The average molecular weight is 305 g/mol. The Balaban J connectivity index is 2.83. The van der Waals surface area contributed by atoms with Crippen molar-refractivity contribution in [3.63, 3.8) is 0 Å². The molecule has 5 heteroatoms. The van der Waals surface area contributed by atoms with E-state index in [1.54, 1.807) is 12.1 Å². The maximum atomic E-state index is 13.2. The van der Waals surface area contributed by atoms with Crippen molar-refractivity contribution in [3.8, 4) is 0 Å². The lowest BCUT2D eigenvalue weighted by molar-refractivity contribution is 0.185. The van der Waals surface area contributed by atoms with Crippen LogP contribution >= 0.6 is 23.4 Å². The summed E-state index contributed by atoms with van der Waals surface area (Å²) in [4.78, 5) is 2.24. The Labute approximate surface area is 124 Å². The summed E-state index contributed by atoms with van der Waals surface area (Å²) in [6.45, 7) is 2.67. The van der Waals surface area contributed by atoms with Gasteiger partial charge >= 0.3 is 0 Å². The Bertz CT molecular complexity index is 403. The van der Waals surface area contributed by atoms with Gasteiger partial charge in [-0.2, -0.15) is 11.8 Å².